The highest BCUT2D eigenvalue weighted by Gasteiger charge is 2.17. The normalized spacial score (nSPS) is 14.0. The SMILES string of the molecule is COc1cccc2cc(C(=O)NCc3ccnc(N4CCOCC4)n3)c(=O)oc12. The van der Waals surface area contributed by atoms with E-state index < -0.39 is 11.5 Å². The van der Waals surface area contributed by atoms with Crippen LogP contribution in [0.1, 0.15) is 16.1 Å². The van der Waals surface area contributed by atoms with Gasteiger partial charge >= 0.3 is 5.63 Å². The number of hydrogen-bond acceptors (Lipinski definition) is 8. The van der Waals surface area contributed by atoms with Crippen molar-refractivity contribution in [2.75, 3.05) is 38.3 Å². The van der Waals surface area contributed by atoms with Crippen molar-refractivity contribution in [3.8, 4) is 5.75 Å². The Labute approximate surface area is 166 Å². The van der Waals surface area contributed by atoms with E-state index in [1.54, 1.807) is 30.5 Å². The maximum absolute atomic E-state index is 12.6. The van der Waals surface area contributed by atoms with Crippen LogP contribution in [0, 0.1) is 0 Å². The van der Waals surface area contributed by atoms with Gasteiger partial charge in [-0.3, -0.25) is 4.79 Å². The molecule has 1 aromatic carbocycles. The second-order valence-corrected chi connectivity index (χ2v) is 6.46. The maximum atomic E-state index is 12.6. The van der Waals surface area contributed by atoms with Gasteiger partial charge in [-0.15, -0.1) is 0 Å². The number of methoxy groups -OCH3 is 1. The molecule has 29 heavy (non-hydrogen) atoms. The highest BCUT2D eigenvalue weighted by Crippen LogP contribution is 2.24. The zero-order valence-electron chi connectivity index (χ0n) is 15.9. The Morgan fingerprint density at radius 3 is 2.90 bits per heavy atom. The molecule has 0 aliphatic carbocycles. The number of morpholine rings is 1. The number of hydrogen-bond donors (Lipinski definition) is 1. The highest BCUT2D eigenvalue weighted by atomic mass is 16.5. The van der Waals surface area contributed by atoms with E-state index in [9.17, 15) is 9.59 Å². The van der Waals surface area contributed by atoms with Crippen LogP contribution in [0.5, 0.6) is 5.75 Å². The number of anilines is 1. The first-order valence-corrected chi connectivity index (χ1v) is 9.19. The molecule has 4 rings (SSSR count). The van der Waals surface area contributed by atoms with Gasteiger partial charge in [0.05, 0.1) is 32.6 Å². The molecular formula is C20H20N4O5. The van der Waals surface area contributed by atoms with Crippen LogP contribution in [-0.2, 0) is 11.3 Å². The first kappa shape index (κ1) is 18.9. The summed E-state index contributed by atoms with van der Waals surface area (Å²) in [6.45, 7) is 2.86. The van der Waals surface area contributed by atoms with Crippen LogP contribution in [0.2, 0.25) is 0 Å². The van der Waals surface area contributed by atoms with Gasteiger partial charge in [-0.1, -0.05) is 12.1 Å². The molecule has 1 fully saturated rings. The molecular weight excluding hydrogens is 376 g/mol. The number of ether oxygens (including phenoxy) is 2. The molecule has 9 heteroatoms. The van der Waals surface area contributed by atoms with Crippen molar-refractivity contribution in [2.24, 2.45) is 0 Å². The third-order valence-corrected chi connectivity index (χ3v) is 4.61. The molecule has 2 aromatic heterocycles. The standard InChI is InChI=1S/C20H20N4O5/c1-27-16-4-2-3-13-11-15(19(26)29-17(13)16)18(25)22-12-14-5-6-21-20(23-14)24-7-9-28-10-8-24/h2-6,11H,7-10,12H2,1H3,(H,22,25). The number of nitrogens with zero attached hydrogens (tertiary/aromatic N) is 3. The third-order valence-electron chi connectivity index (χ3n) is 4.61. The minimum Gasteiger partial charge on any atom is -0.493 e. The van der Waals surface area contributed by atoms with Crippen LogP contribution >= 0.6 is 0 Å². The molecule has 0 bridgehead atoms. The lowest BCUT2D eigenvalue weighted by atomic mass is 10.1. The number of carbonyl (C=O) groups is 1. The van der Waals surface area contributed by atoms with Gasteiger partial charge in [0.2, 0.25) is 5.95 Å². The zero-order chi connectivity index (χ0) is 20.2. The van der Waals surface area contributed by atoms with Crippen LogP contribution in [0.3, 0.4) is 0 Å². The minimum absolute atomic E-state index is 0.0757. The second-order valence-electron chi connectivity index (χ2n) is 6.46. The summed E-state index contributed by atoms with van der Waals surface area (Å²) in [7, 11) is 1.49. The summed E-state index contributed by atoms with van der Waals surface area (Å²) in [4.78, 5) is 35.6. The number of aromatic nitrogens is 2. The van der Waals surface area contributed by atoms with Crippen LogP contribution in [-0.4, -0.2) is 49.3 Å². The number of amides is 1. The van der Waals surface area contributed by atoms with E-state index in [-0.39, 0.29) is 12.1 Å². The van der Waals surface area contributed by atoms with Crippen molar-refractivity contribution in [2.45, 2.75) is 6.54 Å². The van der Waals surface area contributed by atoms with Gasteiger partial charge in [0.1, 0.15) is 5.56 Å². The van der Waals surface area contributed by atoms with E-state index in [0.29, 0.717) is 41.6 Å². The van der Waals surface area contributed by atoms with Gasteiger partial charge in [0, 0.05) is 24.7 Å². The van der Waals surface area contributed by atoms with Gasteiger partial charge in [0.15, 0.2) is 11.3 Å². The van der Waals surface area contributed by atoms with Crippen LogP contribution in [0.4, 0.5) is 5.95 Å². The van der Waals surface area contributed by atoms with Crippen LogP contribution < -0.4 is 20.6 Å². The molecule has 1 amide bonds. The first-order chi connectivity index (χ1) is 14.2. The fourth-order valence-electron chi connectivity index (χ4n) is 3.10. The lowest BCUT2D eigenvalue weighted by Gasteiger charge is -2.26. The quantitative estimate of drug-likeness (QED) is 0.644. The van der Waals surface area contributed by atoms with E-state index in [0.717, 1.165) is 13.1 Å². The molecule has 0 unspecified atom stereocenters. The summed E-state index contributed by atoms with van der Waals surface area (Å²) < 4.78 is 15.8. The summed E-state index contributed by atoms with van der Waals surface area (Å²) in [5, 5.41) is 3.32. The van der Waals surface area contributed by atoms with E-state index in [4.69, 9.17) is 13.9 Å². The molecule has 150 valence electrons. The summed E-state index contributed by atoms with van der Waals surface area (Å²) >= 11 is 0. The molecule has 3 heterocycles. The topological polar surface area (TPSA) is 107 Å². The van der Waals surface area contributed by atoms with Gasteiger partial charge < -0.3 is 24.1 Å². The van der Waals surface area contributed by atoms with Gasteiger partial charge in [0.25, 0.3) is 5.91 Å². The Bertz CT molecular complexity index is 1090. The van der Waals surface area contributed by atoms with Crippen LogP contribution in [0.15, 0.2) is 45.7 Å². The Morgan fingerprint density at radius 2 is 2.10 bits per heavy atom. The summed E-state index contributed by atoms with van der Waals surface area (Å²) in [5.74, 6) is 0.496. The van der Waals surface area contributed by atoms with Crippen molar-refractivity contribution in [3.05, 3.63) is 58.2 Å². The molecule has 1 saturated heterocycles. The Hall–Kier alpha value is -3.46. The third kappa shape index (κ3) is 4.04. The maximum Gasteiger partial charge on any atom is 0.349 e. The van der Waals surface area contributed by atoms with Gasteiger partial charge in [-0.2, -0.15) is 0 Å². The van der Waals surface area contributed by atoms with E-state index in [2.05, 4.69) is 15.3 Å². The summed E-state index contributed by atoms with van der Waals surface area (Å²) in [6, 6.07) is 8.41. The molecule has 0 spiro atoms. The Kier molecular flexibility index (Phi) is 5.39. The molecule has 9 nitrogen and oxygen atoms in total. The smallest absolute Gasteiger partial charge is 0.349 e. The predicted molar refractivity (Wildman–Crippen MR) is 105 cm³/mol. The van der Waals surface area contributed by atoms with E-state index in [1.165, 1.54) is 13.2 Å². The minimum atomic E-state index is -0.726. The van der Waals surface area contributed by atoms with Crippen molar-refractivity contribution in [1.82, 2.24) is 15.3 Å². The molecule has 1 aliphatic rings. The highest BCUT2D eigenvalue weighted by molar-refractivity contribution is 5.97. The molecule has 3 aromatic rings. The van der Waals surface area contributed by atoms with Crippen molar-refractivity contribution < 1.29 is 18.7 Å². The molecule has 0 atom stereocenters. The molecule has 1 aliphatic heterocycles. The number of fused-ring (bicyclic) bond motifs is 1. The van der Waals surface area contributed by atoms with Crippen LogP contribution in [0.25, 0.3) is 11.0 Å². The largest absolute Gasteiger partial charge is 0.493 e. The molecule has 0 radical (unpaired) electrons. The lowest BCUT2D eigenvalue weighted by molar-refractivity contribution is 0.0947. The van der Waals surface area contributed by atoms with E-state index in [1.807, 2.05) is 4.90 Å². The van der Waals surface area contributed by atoms with Gasteiger partial charge in [-0.05, 0) is 18.2 Å². The number of rotatable bonds is 5. The van der Waals surface area contributed by atoms with Crippen molar-refractivity contribution in [1.29, 1.82) is 0 Å². The monoisotopic (exact) mass is 396 g/mol. The summed E-state index contributed by atoms with van der Waals surface area (Å²) in [6.07, 6.45) is 1.65. The first-order valence-electron chi connectivity index (χ1n) is 9.19. The predicted octanol–water partition coefficient (Wildman–Crippen LogP) is 1.36. The fourth-order valence-corrected chi connectivity index (χ4v) is 3.10. The van der Waals surface area contributed by atoms with Crippen molar-refractivity contribution >= 4 is 22.8 Å². The zero-order valence-corrected chi connectivity index (χ0v) is 15.9. The average molecular weight is 396 g/mol. The lowest BCUT2D eigenvalue weighted by Crippen LogP contribution is -2.37. The molecule has 1 N–H and O–H groups in total. The molecule has 0 saturated carbocycles. The number of carbonyl (C=O) groups excluding carboxylic acids is 1. The van der Waals surface area contributed by atoms with Crippen molar-refractivity contribution in [3.63, 3.8) is 0 Å². The second kappa shape index (κ2) is 8.27. The van der Waals surface area contributed by atoms with E-state index >= 15 is 0 Å². The number of para-hydroxylation sites is 1. The fraction of sp³-hybridized carbons (Fsp3) is 0.300. The Morgan fingerprint density at radius 1 is 1.28 bits per heavy atom. The average Bonchev–Trinajstić information content (AvgIpc) is 2.77. The number of benzene rings is 1. The van der Waals surface area contributed by atoms with Gasteiger partial charge in [-0.25, -0.2) is 14.8 Å². The number of nitrogens with one attached hydrogen (secondary N) is 1. The Balaban J connectivity index is 1.50. The summed E-state index contributed by atoms with van der Waals surface area (Å²) in [5.41, 5.74) is 0.147.